The second-order valence-electron chi connectivity index (χ2n) is 4.69. The van der Waals surface area contributed by atoms with E-state index >= 15 is 0 Å². The summed E-state index contributed by atoms with van der Waals surface area (Å²) < 4.78 is 2.89. The van der Waals surface area contributed by atoms with Crippen molar-refractivity contribution >= 4 is 11.5 Å². The number of hydrogen-bond donors (Lipinski definition) is 1. The number of pyridine rings is 1. The van der Waals surface area contributed by atoms with Crippen molar-refractivity contribution in [1.82, 2.24) is 24.1 Å². The average molecular weight is 284 g/mol. The van der Waals surface area contributed by atoms with Gasteiger partial charge in [-0.3, -0.25) is 9.38 Å². The molecule has 0 aliphatic carbocycles. The molecule has 21 heavy (non-hydrogen) atoms. The van der Waals surface area contributed by atoms with E-state index < -0.39 is 0 Å². The first-order valence-electron chi connectivity index (χ1n) is 6.87. The fraction of sp³-hybridized carbons (Fsp3) is 0.286. The van der Waals surface area contributed by atoms with Crippen LogP contribution in [0, 0.1) is 0 Å². The molecule has 7 nitrogen and oxygen atoms in total. The van der Waals surface area contributed by atoms with Gasteiger partial charge in [-0.15, -0.1) is 5.10 Å². The zero-order valence-corrected chi connectivity index (χ0v) is 11.7. The Balaban J connectivity index is 1.82. The largest absolute Gasteiger partial charge is 0.369 e. The van der Waals surface area contributed by atoms with Crippen LogP contribution in [0.1, 0.15) is 19.0 Å². The van der Waals surface area contributed by atoms with Crippen LogP contribution >= 0.6 is 0 Å². The molecule has 108 valence electrons. The summed E-state index contributed by atoms with van der Waals surface area (Å²) in [5.74, 6) is 0.739. The zero-order valence-electron chi connectivity index (χ0n) is 11.7. The van der Waals surface area contributed by atoms with E-state index in [4.69, 9.17) is 0 Å². The fourth-order valence-electron chi connectivity index (χ4n) is 2.01. The van der Waals surface area contributed by atoms with Gasteiger partial charge in [0, 0.05) is 12.7 Å². The second-order valence-corrected chi connectivity index (χ2v) is 4.69. The Morgan fingerprint density at radius 2 is 2.14 bits per heavy atom. The van der Waals surface area contributed by atoms with Gasteiger partial charge < -0.3 is 5.32 Å². The molecule has 0 saturated heterocycles. The van der Waals surface area contributed by atoms with E-state index in [-0.39, 0.29) is 5.69 Å². The van der Waals surface area contributed by atoms with E-state index in [0.29, 0.717) is 17.9 Å². The quantitative estimate of drug-likeness (QED) is 0.760. The van der Waals surface area contributed by atoms with Crippen LogP contribution in [-0.4, -0.2) is 30.7 Å². The number of hydrogen-bond acceptors (Lipinski definition) is 5. The lowest BCUT2D eigenvalue weighted by Crippen LogP contribution is -2.22. The summed E-state index contributed by atoms with van der Waals surface area (Å²) in [6.07, 6.45) is 6.06. The van der Waals surface area contributed by atoms with Crippen molar-refractivity contribution in [3.63, 3.8) is 0 Å². The SMILES string of the molecule is CCCNc1cnc(Cn2nc3ccccn3c2=O)cn1. The van der Waals surface area contributed by atoms with E-state index in [1.165, 1.54) is 9.08 Å². The Labute approximate surface area is 121 Å². The molecule has 0 atom stereocenters. The van der Waals surface area contributed by atoms with Crippen molar-refractivity contribution in [2.24, 2.45) is 0 Å². The van der Waals surface area contributed by atoms with Gasteiger partial charge >= 0.3 is 5.69 Å². The van der Waals surface area contributed by atoms with E-state index in [0.717, 1.165) is 18.8 Å². The lowest BCUT2D eigenvalue weighted by molar-refractivity contribution is 0.644. The Morgan fingerprint density at radius 3 is 2.86 bits per heavy atom. The van der Waals surface area contributed by atoms with Gasteiger partial charge in [-0.1, -0.05) is 13.0 Å². The predicted octanol–water partition coefficient (Wildman–Crippen LogP) is 1.16. The molecule has 3 rings (SSSR count). The zero-order chi connectivity index (χ0) is 14.7. The van der Waals surface area contributed by atoms with Gasteiger partial charge in [0.15, 0.2) is 5.65 Å². The molecule has 0 unspecified atom stereocenters. The van der Waals surface area contributed by atoms with Crippen LogP contribution < -0.4 is 11.0 Å². The molecule has 7 heteroatoms. The van der Waals surface area contributed by atoms with Gasteiger partial charge in [-0.2, -0.15) is 0 Å². The number of anilines is 1. The first-order chi connectivity index (χ1) is 10.3. The Kier molecular flexibility index (Phi) is 3.63. The third-order valence-corrected chi connectivity index (χ3v) is 3.06. The Hall–Kier alpha value is -2.70. The van der Waals surface area contributed by atoms with Crippen molar-refractivity contribution in [3.8, 4) is 0 Å². The van der Waals surface area contributed by atoms with Crippen LogP contribution in [-0.2, 0) is 6.54 Å². The normalized spacial score (nSPS) is 10.9. The van der Waals surface area contributed by atoms with E-state index in [9.17, 15) is 4.79 Å². The summed E-state index contributed by atoms with van der Waals surface area (Å²) in [7, 11) is 0. The van der Waals surface area contributed by atoms with E-state index in [1.807, 2.05) is 6.07 Å². The van der Waals surface area contributed by atoms with Crippen molar-refractivity contribution in [1.29, 1.82) is 0 Å². The minimum Gasteiger partial charge on any atom is -0.369 e. The van der Waals surface area contributed by atoms with Crippen LogP contribution in [0.3, 0.4) is 0 Å². The summed E-state index contributed by atoms with van der Waals surface area (Å²) >= 11 is 0. The third-order valence-electron chi connectivity index (χ3n) is 3.06. The first kappa shape index (κ1) is 13.3. The van der Waals surface area contributed by atoms with E-state index in [1.54, 1.807) is 30.7 Å². The number of aromatic nitrogens is 5. The molecule has 1 N–H and O–H groups in total. The molecule has 0 bridgehead atoms. The summed E-state index contributed by atoms with van der Waals surface area (Å²) in [4.78, 5) is 20.7. The maximum atomic E-state index is 12.1. The molecule has 3 heterocycles. The first-order valence-corrected chi connectivity index (χ1v) is 6.87. The van der Waals surface area contributed by atoms with Gasteiger partial charge in [0.2, 0.25) is 0 Å². The molecule has 0 spiro atoms. The number of nitrogens with one attached hydrogen (secondary N) is 1. The molecule has 0 amide bonds. The van der Waals surface area contributed by atoms with Gasteiger partial charge in [0.1, 0.15) is 5.82 Å². The molecule has 0 aliphatic heterocycles. The van der Waals surface area contributed by atoms with Crippen LogP contribution in [0.15, 0.2) is 41.6 Å². The van der Waals surface area contributed by atoms with Crippen molar-refractivity contribution in [2.75, 3.05) is 11.9 Å². The van der Waals surface area contributed by atoms with Gasteiger partial charge in [-0.05, 0) is 18.6 Å². The van der Waals surface area contributed by atoms with Crippen molar-refractivity contribution in [2.45, 2.75) is 19.9 Å². The van der Waals surface area contributed by atoms with Gasteiger partial charge in [-0.25, -0.2) is 14.5 Å². The summed E-state index contributed by atoms with van der Waals surface area (Å²) in [5.41, 5.74) is 1.14. The lowest BCUT2D eigenvalue weighted by atomic mass is 10.4. The van der Waals surface area contributed by atoms with Crippen LogP contribution in [0.25, 0.3) is 5.65 Å². The predicted molar refractivity (Wildman–Crippen MR) is 79.4 cm³/mol. The lowest BCUT2D eigenvalue weighted by Gasteiger charge is -2.04. The van der Waals surface area contributed by atoms with Gasteiger partial charge in [0.05, 0.1) is 24.6 Å². The summed E-state index contributed by atoms with van der Waals surface area (Å²) in [6, 6.07) is 5.44. The maximum absolute atomic E-state index is 12.1. The van der Waals surface area contributed by atoms with Crippen LogP contribution in [0.2, 0.25) is 0 Å². The van der Waals surface area contributed by atoms with E-state index in [2.05, 4.69) is 27.3 Å². The molecule has 0 aromatic carbocycles. The second kappa shape index (κ2) is 5.74. The molecular formula is C14H16N6O. The van der Waals surface area contributed by atoms with Crippen LogP contribution in [0.5, 0.6) is 0 Å². The monoisotopic (exact) mass is 284 g/mol. The highest BCUT2D eigenvalue weighted by atomic mass is 16.2. The van der Waals surface area contributed by atoms with Gasteiger partial charge in [0.25, 0.3) is 0 Å². The summed E-state index contributed by atoms with van der Waals surface area (Å²) in [6.45, 7) is 3.26. The highest BCUT2D eigenvalue weighted by molar-refractivity contribution is 5.35. The third kappa shape index (κ3) is 2.76. The standard InChI is InChI=1S/C14H16N6O/c1-2-6-15-12-9-16-11(8-17-12)10-20-14(21)19-7-4-3-5-13(19)18-20/h3-5,7-9H,2,6,10H2,1H3,(H,15,17). The average Bonchev–Trinajstić information content (AvgIpc) is 2.83. The molecule has 0 aliphatic rings. The molecule has 0 saturated carbocycles. The molecule has 3 aromatic rings. The van der Waals surface area contributed by atoms with Crippen molar-refractivity contribution < 1.29 is 0 Å². The topological polar surface area (TPSA) is 77.1 Å². The Morgan fingerprint density at radius 1 is 1.24 bits per heavy atom. The molecule has 0 fully saturated rings. The molecule has 0 radical (unpaired) electrons. The number of rotatable bonds is 5. The van der Waals surface area contributed by atoms with Crippen LogP contribution in [0.4, 0.5) is 5.82 Å². The number of fused-ring (bicyclic) bond motifs is 1. The highest BCUT2D eigenvalue weighted by Crippen LogP contribution is 2.03. The maximum Gasteiger partial charge on any atom is 0.350 e. The molecule has 3 aromatic heterocycles. The summed E-state index contributed by atoms with van der Waals surface area (Å²) in [5, 5.41) is 7.42. The minimum atomic E-state index is -0.180. The van der Waals surface area contributed by atoms with Crippen molar-refractivity contribution in [3.05, 3.63) is 53.0 Å². The molecular weight excluding hydrogens is 268 g/mol. The Bertz CT molecular complexity index is 789. The minimum absolute atomic E-state index is 0.180. The number of nitrogens with zero attached hydrogens (tertiary/aromatic N) is 5. The highest BCUT2D eigenvalue weighted by Gasteiger charge is 2.07. The fourth-order valence-corrected chi connectivity index (χ4v) is 2.01. The smallest absolute Gasteiger partial charge is 0.350 e.